The van der Waals surface area contributed by atoms with Crippen LogP contribution in [-0.4, -0.2) is 44.0 Å². The molecule has 0 aromatic rings. The van der Waals surface area contributed by atoms with Crippen LogP contribution in [0.4, 0.5) is 0 Å². The van der Waals surface area contributed by atoms with Crippen molar-refractivity contribution in [2.24, 2.45) is 11.8 Å². The molecule has 1 fully saturated rings. The highest BCUT2D eigenvalue weighted by atomic mass is 32.2. The number of hydrogen-bond acceptors (Lipinski definition) is 4. The fourth-order valence-corrected chi connectivity index (χ4v) is 3.27. The maximum atomic E-state index is 12.1. The highest BCUT2D eigenvalue weighted by molar-refractivity contribution is 7.88. The largest absolute Gasteiger partial charge is 0.340 e. The van der Waals surface area contributed by atoms with Crippen molar-refractivity contribution in [2.45, 2.75) is 39.2 Å². The molecule has 1 N–H and O–H groups in total. The molecule has 1 saturated heterocycles. The van der Waals surface area contributed by atoms with Crippen LogP contribution < -0.4 is 5.32 Å². The van der Waals surface area contributed by atoms with E-state index in [9.17, 15) is 13.2 Å². The molecule has 0 radical (unpaired) electrons. The van der Waals surface area contributed by atoms with Crippen molar-refractivity contribution in [1.29, 1.82) is 5.26 Å². The smallest absolute Gasteiger partial charge is 0.225 e. The van der Waals surface area contributed by atoms with Gasteiger partial charge in [-0.1, -0.05) is 13.8 Å². The Balaban J connectivity index is 2.61. The highest BCUT2D eigenvalue weighted by Gasteiger charge is 2.31. The predicted octanol–water partition coefficient (Wildman–Crippen LogP) is 0.712. The Bertz CT molecular complexity index is 482. The van der Waals surface area contributed by atoms with Gasteiger partial charge in [0.25, 0.3) is 0 Å². The zero-order valence-electron chi connectivity index (χ0n) is 12.3. The SMILES string of the molecule is CC(C)C[C@H](C#N)NC(=O)[C@H]1CCCN(S(C)(=O)=O)C1. The Morgan fingerprint density at radius 3 is 2.65 bits per heavy atom. The van der Waals surface area contributed by atoms with Gasteiger partial charge in [-0.15, -0.1) is 0 Å². The molecule has 0 saturated carbocycles. The van der Waals surface area contributed by atoms with Crippen molar-refractivity contribution in [3.8, 4) is 6.07 Å². The second-order valence-electron chi connectivity index (χ2n) is 5.78. The number of amides is 1. The number of piperidine rings is 1. The molecule has 6 nitrogen and oxygen atoms in total. The quantitative estimate of drug-likeness (QED) is 0.810. The van der Waals surface area contributed by atoms with Gasteiger partial charge < -0.3 is 5.32 Å². The molecule has 114 valence electrons. The van der Waals surface area contributed by atoms with E-state index in [4.69, 9.17) is 5.26 Å². The number of rotatable bonds is 5. The van der Waals surface area contributed by atoms with Crippen molar-refractivity contribution in [3.05, 3.63) is 0 Å². The summed E-state index contributed by atoms with van der Waals surface area (Å²) >= 11 is 0. The minimum atomic E-state index is -3.26. The van der Waals surface area contributed by atoms with Gasteiger partial charge in [0.2, 0.25) is 15.9 Å². The number of carbonyl (C=O) groups excluding carboxylic acids is 1. The molecule has 0 spiro atoms. The molecule has 0 aromatic heterocycles. The van der Waals surface area contributed by atoms with Gasteiger partial charge >= 0.3 is 0 Å². The second kappa shape index (κ2) is 7.04. The molecule has 0 aliphatic carbocycles. The van der Waals surface area contributed by atoms with E-state index < -0.39 is 16.1 Å². The van der Waals surface area contributed by atoms with Crippen LogP contribution in [-0.2, 0) is 14.8 Å². The summed E-state index contributed by atoms with van der Waals surface area (Å²) in [5, 5.41) is 11.8. The Kier molecular flexibility index (Phi) is 5.96. The fourth-order valence-electron chi connectivity index (χ4n) is 2.36. The molecule has 1 aliphatic rings. The van der Waals surface area contributed by atoms with Crippen LogP contribution in [0, 0.1) is 23.2 Å². The first-order valence-electron chi connectivity index (χ1n) is 6.89. The molecule has 0 unspecified atom stereocenters. The molecule has 2 atom stereocenters. The van der Waals surface area contributed by atoms with Crippen LogP contribution in [0.25, 0.3) is 0 Å². The Morgan fingerprint density at radius 1 is 1.50 bits per heavy atom. The van der Waals surface area contributed by atoms with E-state index in [2.05, 4.69) is 11.4 Å². The Hall–Kier alpha value is -1.13. The van der Waals surface area contributed by atoms with Crippen molar-refractivity contribution < 1.29 is 13.2 Å². The van der Waals surface area contributed by atoms with E-state index in [1.54, 1.807) is 0 Å². The molecule has 7 heteroatoms. The average Bonchev–Trinajstić information content (AvgIpc) is 2.36. The summed E-state index contributed by atoms with van der Waals surface area (Å²) in [6.45, 7) is 4.66. The molecule has 1 rings (SSSR count). The predicted molar refractivity (Wildman–Crippen MR) is 76.1 cm³/mol. The Morgan fingerprint density at radius 2 is 2.15 bits per heavy atom. The third kappa shape index (κ3) is 5.10. The third-order valence-electron chi connectivity index (χ3n) is 3.40. The molecule has 20 heavy (non-hydrogen) atoms. The number of nitrogens with one attached hydrogen (secondary N) is 1. The van der Waals surface area contributed by atoms with E-state index in [1.807, 2.05) is 13.8 Å². The summed E-state index contributed by atoms with van der Waals surface area (Å²) in [6, 6.07) is 1.58. The molecule has 0 aromatic carbocycles. The molecule has 1 heterocycles. The summed E-state index contributed by atoms with van der Waals surface area (Å²) in [6.07, 6.45) is 3.10. The summed E-state index contributed by atoms with van der Waals surface area (Å²) in [7, 11) is -3.26. The molecule has 0 bridgehead atoms. The van der Waals surface area contributed by atoms with Crippen LogP contribution in [0.15, 0.2) is 0 Å². The van der Waals surface area contributed by atoms with Crippen LogP contribution in [0.5, 0.6) is 0 Å². The van der Waals surface area contributed by atoms with E-state index in [0.29, 0.717) is 31.7 Å². The fraction of sp³-hybridized carbons (Fsp3) is 0.846. The van der Waals surface area contributed by atoms with Gasteiger partial charge in [0.05, 0.1) is 18.2 Å². The van der Waals surface area contributed by atoms with Gasteiger partial charge in [0.1, 0.15) is 6.04 Å². The number of sulfonamides is 1. The third-order valence-corrected chi connectivity index (χ3v) is 4.67. The molecule has 1 aliphatic heterocycles. The van der Waals surface area contributed by atoms with E-state index in [1.165, 1.54) is 4.31 Å². The van der Waals surface area contributed by atoms with Crippen molar-refractivity contribution >= 4 is 15.9 Å². The normalized spacial score (nSPS) is 22.2. The highest BCUT2D eigenvalue weighted by Crippen LogP contribution is 2.19. The first kappa shape index (κ1) is 16.9. The molecular formula is C13H23N3O3S. The van der Waals surface area contributed by atoms with Crippen LogP contribution in [0.2, 0.25) is 0 Å². The van der Waals surface area contributed by atoms with Crippen LogP contribution in [0.1, 0.15) is 33.1 Å². The zero-order valence-corrected chi connectivity index (χ0v) is 13.1. The lowest BCUT2D eigenvalue weighted by Crippen LogP contribution is -2.47. The topological polar surface area (TPSA) is 90.3 Å². The lowest BCUT2D eigenvalue weighted by atomic mass is 9.97. The lowest BCUT2D eigenvalue weighted by molar-refractivity contribution is -0.126. The minimum Gasteiger partial charge on any atom is -0.340 e. The molecule has 1 amide bonds. The first-order chi connectivity index (χ1) is 9.24. The minimum absolute atomic E-state index is 0.213. The van der Waals surface area contributed by atoms with Crippen LogP contribution in [0.3, 0.4) is 0 Å². The van der Waals surface area contributed by atoms with Gasteiger partial charge in [0.15, 0.2) is 0 Å². The van der Waals surface area contributed by atoms with E-state index in [-0.39, 0.29) is 18.4 Å². The standard InChI is InChI=1S/C13H23N3O3S/c1-10(2)7-12(8-14)15-13(17)11-5-4-6-16(9-11)20(3,18)19/h10-12H,4-7,9H2,1-3H3,(H,15,17)/t11-,12+/m0/s1. The number of carbonyl (C=O) groups is 1. The number of hydrogen-bond donors (Lipinski definition) is 1. The summed E-state index contributed by atoms with van der Waals surface area (Å²) in [4.78, 5) is 12.1. The molecular weight excluding hydrogens is 278 g/mol. The average molecular weight is 301 g/mol. The maximum absolute atomic E-state index is 12.1. The first-order valence-corrected chi connectivity index (χ1v) is 8.74. The van der Waals surface area contributed by atoms with Crippen molar-refractivity contribution in [3.63, 3.8) is 0 Å². The summed E-state index contributed by atoms with van der Waals surface area (Å²) in [5.41, 5.74) is 0. The second-order valence-corrected chi connectivity index (χ2v) is 7.76. The number of nitriles is 1. The Labute approximate surface area is 121 Å². The summed E-state index contributed by atoms with van der Waals surface area (Å²) < 4.78 is 24.4. The number of nitrogens with zero attached hydrogens (tertiary/aromatic N) is 2. The van der Waals surface area contributed by atoms with Gasteiger partial charge in [-0.25, -0.2) is 12.7 Å². The van der Waals surface area contributed by atoms with Gasteiger partial charge in [0, 0.05) is 13.1 Å². The zero-order chi connectivity index (χ0) is 15.3. The van der Waals surface area contributed by atoms with Crippen molar-refractivity contribution in [1.82, 2.24) is 9.62 Å². The van der Waals surface area contributed by atoms with E-state index in [0.717, 1.165) is 6.26 Å². The monoisotopic (exact) mass is 301 g/mol. The van der Waals surface area contributed by atoms with Gasteiger partial charge in [-0.3, -0.25) is 4.79 Å². The summed E-state index contributed by atoms with van der Waals surface area (Å²) in [5.74, 6) is -0.258. The lowest BCUT2D eigenvalue weighted by Gasteiger charge is -2.30. The van der Waals surface area contributed by atoms with Crippen molar-refractivity contribution in [2.75, 3.05) is 19.3 Å². The van der Waals surface area contributed by atoms with E-state index >= 15 is 0 Å². The van der Waals surface area contributed by atoms with Gasteiger partial charge in [-0.05, 0) is 25.2 Å². The van der Waals surface area contributed by atoms with Gasteiger partial charge in [-0.2, -0.15) is 5.26 Å². The van der Waals surface area contributed by atoms with Crippen LogP contribution >= 0.6 is 0 Å². The maximum Gasteiger partial charge on any atom is 0.225 e.